The molecule has 2 N–H and O–H groups in total. The van der Waals surface area contributed by atoms with Gasteiger partial charge in [-0.3, -0.25) is 4.79 Å². The van der Waals surface area contributed by atoms with Gasteiger partial charge in [-0.25, -0.2) is 4.79 Å². The molecule has 1 aromatic rings. The van der Waals surface area contributed by atoms with Crippen LogP contribution in [0.5, 0.6) is 11.5 Å². The molecule has 154 valence electrons. The molecular formula is C20H28ClN3O4. The lowest BCUT2D eigenvalue weighted by atomic mass is 9.97. The number of anilines is 1. The first-order valence-corrected chi connectivity index (χ1v) is 10.2. The molecule has 1 atom stereocenters. The van der Waals surface area contributed by atoms with Gasteiger partial charge in [0.15, 0.2) is 0 Å². The molecule has 1 aliphatic carbocycles. The van der Waals surface area contributed by atoms with Gasteiger partial charge < -0.3 is 25.0 Å². The second kappa shape index (κ2) is 9.37. The smallest absolute Gasteiger partial charge is 0.317 e. The number of hydrogen-bond acceptors (Lipinski definition) is 4. The van der Waals surface area contributed by atoms with Crippen molar-refractivity contribution in [2.24, 2.45) is 5.92 Å². The van der Waals surface area contributed by atoms with E-state index in [-0.39, 0.29) is 23.9 Å². The minimum atomic E-state index is -0.270. The van der Waals surface area contributed by atoms with Crippen molar-refractivity contribution in [3.8, 4) is 11.5 Å². The predicted molar refractivity (Wildman–Crippen MR) is 108 cm³/mol. The van der Waals surface area contributed by atoms with Crippen LogP contribution in [0.1, 0.15) is 38.5 Å². The van der Waals surface area contributed by atoms with Crippen LogP contribution in [0.4, 0.5) is 10.5 Å². The summed E-state index contributed by atoms with van der Waals surface area (Å²) in [5.41, 5.74) is 0.492. The molecule has 28 heavy (non-hydrogen) atoms. The van der Waals surface area contributed by atoms with E-state index in [1.807, 2.05) is 0 Å². The van der Waals surface area contributed by atoms with Gasteiger partial charge in [0.05, 0.1) is 30.8 Å². The minimum Gasteiger partial charge on any atom is -0.495 e. The van der Waals surface area contributed by atoms with E-state index in [1.165, 1.54) is 27.1 Å². The number of piperidine rings is 1. The third kappa shape index (κ3) is 4.82. The molecule has 3 amide bonds. The number of halogens is 1. The van der Waals surface area contributed by atoms with Gasteiger partial charge in [0.1, 0.15) is 11.5 Å². The molecule has 1 aliphatic heterocycles. The zero-order valence-electron chi connectivity index (χ0n) is 16.4. The average molecular weight is 410 g/mol. The fourth-order valence-corrected chi connectivity index (χ4v) is 4.15. The Morgan fingerprint density at radius 1 is 1.07 bits per heavy atom. The van der Waals surface area contributed by atoms with Crippen LogP contribution in [0.2, 0.25) is 5.02 Å². The highest BCUT2D eigenvalue weighted by Crippen LogP contribution is 2.36. The van der Waals surface area contributed by atoms with Crippen LogP contribution in [0.15, 0.2) is 12.1 Å². The lowest BCUT2D eigenvalue weighted by Gasteiger charge is -2.33. The van der Waals surface area contributed by atoms with Crippen molar-refractivity contribution in [2.75, 3.05) is 32.6 Å². The Hall–Kier alpha value is -2.15. The van der Waals surface area contributed by atoms with Crippen LogP contribution >= 0.6 is 11.6 Å². The summed E-state index contributed by atoms with van der Waals surface area (Å²) in [5.74, 6) is 0.539. The summed E-state index contributed by atoms with van der Waals surface area (Å²) in [4.78, 5) is 27.1. The Bertz CT molecular complexity index is 722. The summed E-state index contributed by atoms with van der Waals surface area (Å²) in [6.07, 6.45) is 5.97. The number of carbonyl (C=O) groups excluding carboxylic acids is 2. The maximum atomic E-state index is 12.8. The summed E-state index contributed by atoms with van der Waals surface area (Å²) in [7, 11) is 3.04. The summed E-state index contributed by atoms with van der Waals surface area (Å²) in [6.45, 7) is 1.09. The van der Waals surface area contributed by atoms with E-state index in [0.29, 0.717) is 35.3 Å². The molecule has 8 heteroatoms. The van der Waals surface area contributed by atoms with Crippen LogP contribution in [-0.4, -0.2) is 50.2 Å². The highest BCUT2D eigenvalue weighted by atomic mass is 35.5. The molecule has 1 heterocycles. The normalized spacial score (nSPS) is 20.0. The second-order valence-corrected chi connectivity index (χ2v) is 7.80. The fraction of sp³-hybridized carbons (Fsp3) is 0.600. The van der Waals surface area contributed by atoms with Gasteiger partial charge in [-0.05, 0) is 31.7 Å². The van der Waals surface area contributed by atoms with Gasteiger partial charge in [-0.15, -0.1) is 0 Å². The summed E-state index contributed by atoms with van der Waals surface area (Å²) < 4.78 is 10.5. The molecule has 0 spiro atoms. The van der Waals surface area contributed by atoms with E-state index in [2.05, 4.69) is 10.6 Å². The number of hydrogen-bond donors (Lipinski definition) is 2. The fourth-order valence-electron chi connectivity index (χ4n) is 3.90. The van der Waals surface area contributed by atoms with Crippen LogP contribution in [0.25, 0.3) is 0 Å². The molecule has 2 fully saturated rings. The zero-order valence-corrected chi connectivity index (χ0v) is 17.2. The van der Waals surface area contributed by atoms with E-state index in [9.17, 15) is 9.59 Å². The van der Waals surface area contributed by atoms with Gasteiger partial charge in [0.25, 0.3) is 0 Å². The lowest BCUT2D eigenvalue weighted by Crippen LogP contribution is -2.49. The van der Waals surface area contributed by atoms with Crippen molar-refractivity contribution < 1.29 is 19.1 Å². The Labute approximate surface area is 170 Å². The maximum Gasteiger partial charge on any atom is 0.317 e. The van der Waals surface area contributed by atoms with Crippen LogP contribution in [0.3, 0.4) is 0 Å². The van der Waals surface area contributed by atoms with Gasteiger partial charge in [-0.1, -0.05) is 24.4 Å². The Kier molecular flexibility index (Phi) is 6.88. The number of ether oxygens (including phenoxy) is 2. The topological polar surface area (TPSA) is 79.9 Å². The van der Waals surface area contributed by atoms with Crippen molar-refractivity contribution in [3.63, 3.8) is 0 Å². The molecule has 1 aromatic carbocycles. The number of benzene rings is 1. The van der Waals surface area contributed by atoms with E-state index in [0.717, 1.165) is 25.7 Å². The standard InChI is InChI=1S/C20H28ClN3O4/c1-27-17-11-18(28-2)16(10-15(17)21)23-19(25)13-6-5-9-24(12-13)20(26)22-14-7-3-4-8-14/h10-11,13-14H,3-9,12H2,1-2H3,(H,22,26)(H,23,25)/t13-/m0/s1. The first-order chi connectivity index (χ1) is 13.5. The van der Waals surface area contributed by atoms with Gasteiger partial charge in [0.2, 0.25) is 5.91 Å². The van der Waals surface area contributed by atoms with Crippen molar-refractivity contribution in [1.29, 1.82) is 0 Å². The van der Waals surface area contributed by atoms with Crippen molar-refractivity contribution in [3.05, 3.63) is 17.2 Å². The van der Waals surface area contributed by atoms with E-state index in [1.54, 1.807) is 17.0 Å². The number of likely N-dealkylation sites (tertiary alicyclic amines) is 1. The number of urea groups is 1. The predicted octanol–water partition coefficient (Wildman–Crippen LogP) is 3.66. The third-order valence-corrected chi connectivity index (χ3v) is 5.79. The number of methoxy groups -OCH3 is 2. The molecule has 7 nitrogen and oxygen atoms in total. The van der Waals surface area contributed by atoms with E-state index in [4.69, 9.17) is 21.1 Å². The Balaban J connectivity index is 1.62. The Morgan fingerprint density at radius 3 is 2.46 bits per heavy atom. The van der Waals surface area contributed by atoms with Crippen molar-refractivity contribution in [1.82, 2.24) is 10.2 Å². The molecule has 1 saturated carbocycles. The quantitative estimate of drug-likeness (QED) is 0.777. The van der Waals surface area contributed by atoms with Gasteiger partial charge >= 0.3 is 6.03 Å². The summed E-state index contributed by atoms with van der Waals surface area (Å²) in [6, 6.07) is 3.46. The summed E-state index contributed by atoms with van der Waals surface area (Å²) >= 11 is 6.18. The van der Waals surface area contributed by atoms with E-state index < -0.39 is 0 Å². The largest absolute Gasteiger partial charge is 0.495 e. The average Bonchev–Trinajstić information content (AvgIpc) is 3.21. The van der Waals surface area contributed by atoms with Crippen LogP contribution in [-0.2, 0) is 4.79 Å². The molecule has 1 saturated heterocycles. The molecular weight excluding hydrogens is 382 g/mol. The molecule has 3 rings (SSSR count). The second-order valence-electron chi connectivity index (χ2n) is 7.39. The van der Waals surface area contributed by atoms with Crippen molar-refractivity contribution in [2.45, 2.75) is 44.6 Å². The molecule has 0 bridgehead atoms. The number of rotatable bonds is 5. The lowest BCUT2D eigenvalue weighted by molar-refractivity contribution is -0.121. The van der Waals surface area contributed by atoms with Gasteiger partial charge in [-0.2, -0.15) is 0 Å². The molecule has 0 radical (unpaired) electrons. The zero-order chi connectivity index (χ0) is 20.1. The monoisotopic (exact) mass is 409 g/mol. The third-order valence-electron chi connectivity index (χ3n) is 5.49. The van der Waals surface area contributed by atoms with Crippen LogP contribution in [0, 0.1) is 5.92 Å². The number of nitrogens with one attached hydrogen (secondary N) is 2. The number of carbonyl (C=O) groups is 2. The minimum absolute atomic E-state index is 0.0607. The molecule has 2 aliphatic rings. The summed E-state index contributed by atoms with van der Waals surface area (Å²) in [5, 5.41) is 6.38. The first kappa shape index (κ1) is 20.6. The highest BCUT2D eigenvalue weighted by molar-refractivity contribution is 6.32. The maximum absolute atomic E-state index is 12.8. The van der Waals surface area contributed by atoms with E-state index >= 15 is 0 Å². The number of amides is 3. The first-order valence-electron chi connectivity index (χ1n) is 9.79. The molecule has 0 unspecified atom stereocenters. The van der Waals surface area contributed by atoms with Crippen LogP contribution < -0.4 is 20.1 Å². The SMILES string of the molecule is COc1cc(OC)c(NC(=O)[C@H]2CCCN(C(=O)NC3CCCC3)C2)cc1Cl. The van der Waals surface area contributed by atoms with Gasteiger partial charge in [0, 0.05) is 25.2 Å². The number of nitrogens with zero attached hydrogens (tertiary/aromatic N) is 1. The van der Waals surface area contributed by atoms with Crippen molar-refractivity contribution >= 4 is 29.2 Å². The highest BCUT2D eigenvalue weighted by Gasteiger charge is 2.30. The molecule has 0 aromatic heterocycles. The Morgan fingerprint density at radius 2 is 1.79 bits per heavy atom.